The molecule has 0 unspecified atom stereocenters. The fourth-order valence-electron chi connectivity index (χ4n) is 2.16. The van der Waals surface area contributed by atoms with E-state index in [-0.39, 0.29) is 0 Å². The van der Waals surface area contributed by atoms with Crippen LogP contribution in [0.2, 0.25) is 0 Å². The zero-order valence-electron chi connectivity index (χ0n) is 11.5. The quantitative estimate of drug-likeness (QED) is 0.862. The molecule has 0 bridgehead atoms. The lowest BCUT2D eigenvalue weighted by Gasteiger charge is -2.11. The molecule has 19 heavy (non-hydrogen) atoms. The van der Waals surface area contributed by atoms with Crippen molar-refractivity contribution >= 4 is 0 Å². The molecule has 2 aromatic rings. The van der Waals surface area contributed by atoms with Crippen molar-refractivity contribution in [2.24, 2.45) is 5.73 Å². The van der Waals surface area contributed by atoms with Gasteiger partial charge in [-0.1, -0.05) is 0 Å². The van der Waals surface area contributed by atoms with Crippen LogP contribution in [0.5, 0.6) is 11.5 Å². The Balaban J connectivity index is 2.59. The highest BCUT2D eigenvalue weighted by atomic mass is 16.5. The Kier molecular flexibility index (Phi) is 4.06. The highest BCUT2D eigenvalue weighted by Gasteiger charge is 2.16. The zero-order chi connectivity index (χ0) is 13.8. The predicted molar refractivity (Wildman–Crippen MR) is 74.6 cm³/mol. The number of benzene rings is 1. The van der Waals surface area contributed by atoms with Crippen molar-refractivity contribution in [2.75, 3.05) is 20.8 Å². The number of aryl methyl sites for hydroxylation is 1. The molecule has 102 valence electrons. The number of nitrogens with one attached hydrogen (secondary N) is 1. The van der Waals surface area contributed by atoms with Gasteiger partial charge in [0.05, 0.1) is 19.9 Å². The van der Waals surface area contributed by atoms with Crippen LogP contribution < -0.4 is 15.2 Å². The highest BCUT2D eigenvalue weighted by Crippen LogP contribution is 2.36. The van der Waals surface area contributed by atoms with E-state index in [2.05, 4.69) is 10.2 Å². The summed E-state index contributed by atoms with van der Waals surface area (Å²) in [4.78, 5) is 0. The van der Waals surface area contributed by atoms with Crippen molar-refractivity contribution in [3.05, 3.63) is 29.6 Å². The Labute approximate surface area is 112 Å². The number of methoxy groups -OCH3 is 2. The summed E-state index contributed by atoms with van der Waals surface area (Å²) in [6, 6.07) is 5.73. The van der Waals surface area contributed by atoms with Gasteiger partial charge in [-0.05, 0) is 31.7 Å². The molecule has 0 amide bonds. The van der Waals surface area contributed by atoms with Gasteiger partial charge in [0.25, 0.3) is 0 Å². The third kappa shape index (κ3) is 2.56. The predicted octanol–water partition coefficient (Wildman–Crippen LogP) is 1.90. The van der Waals surface area contributed by atoms with Crippen LogP contribution in [0.25, 0.3) is 11.1 Å². The van der Waals surface area contributed by atoms with E-state index >= 15 is 0 Å². The van der Waals surface area contributed by atoms with Gasteiger partial charge >= 0.3 is 0 Å². The molecule has 0 aliphatic rings. The number of ether oxygens (including phenoxy) is 2. The number of hydrogen-bond acceptors (Lipinski definition) is 4. The molecule has 0 spiro atoms. The van der Waals surface area contributed by atoms with Crippen LogP contribution in [0.3, 0.4) is 0 Å². The van der Waals surface area contributed by atoms with Gasteiger partial charge in [0.15, 0.2) is 0 Å². The summed E-state index contributed by atoms with van der Waals surface area (Å²) in [6.07, 6.45) is 0.722. The number of aromatic nitrogens is 2. The number of nitrogens with two attached hydrogens (primary N) is 1. The Morgan fingerprint density at radius 1 is 1.26 bits per heavy atom. The Bertz CT molecular complexity index is 564. The second-order valence-electron chi connectivity index (χ2n) is 4.28. The smallest absolute Gasteiger partial charge is 0.127 e. The van der Waals surface area contributed by atoms with Crippen molar-refractivity contribution in [3.63, 3.8) is 0 Å². The molecule has 5 nitrogen and oxygen atoms in total. The first-order valence-electron chi connectivity index (χ1n) is 6.17. The van der Waals surface area contributed by atoms with Gasteiger partial charge in [-0.15, -0.1) is 0 Å². The Morgan fingerprint density at radius 3 is 2.68 bits per heavy atom. The van der Waals surface area contributed by atoms with E-state index < -0.39 is 0 Å². The number of hydrogen-bond donors (Lipinski definition) is 2. The second-order valence-corrected chi connectivity index (χ2v) is 4.28. The number of rotatable bonds is 5. The van der Waals surface area contributed by atoms with E-state index in [0.29, 0.717) is 6.54 Å². The van der Waals surface area contributed by atoms with Gasteiger partial charge in [-0.25, -0.2) is 0 Å². The average molecular weight is 261 g/mol. The van der Waals surface area contributed by atoms with Gasteiger partial charge in [0.1, 0.15) is 11.5 Å². The standard InChI is InChI=1S/C14H19N3O2/c1-9-14(12(6-7-15)17-16-9)11-8-10(18-2)4-5-13(11)19-3/h4-5,8H,6-7,15H2,1-3H3,(H,16,17). The van der Waals surface area contributed by atoms with Crippen molar-refractivity contribution in [3.8, 4) is 22.6 Å². The Morgan fingerprint density at radius 2 is 2.05 bits per heavy atom. The van der Waals surface area contributed by atoms with E-state index in [1.165, 1.54) is 0 Å². The minimum Gasteiger partial charge on any atom is -0.497 e. The monoisotopic (exact) mass is 261 g/mol. The molecule has 1 heterocycles. The first-order valence-corrected chi connectivity index (χ1v) is 6.17. The van der Waals surface area contributed by atoms with E-state index in [1.54, 1.807) is 14.2 Å². The molecule has 0 atom stereocenters. The molecular weight excluding hydrogens is 242 g/mol. The van der Waals surface area contributed by atoms with Crippen LogP contribution >= 0.6 is 0 Å². The summed E-state index contributed by atoms with van der Waals surface area (Å²) >= 11 is 0. The number of aromatic amines is 1. The van der Waals surface area contributed by atoms with Gasteiger partial charge in [0.2, 0.25) is 0 Å². The first-order chi connectivity index (χ1) is 9.21. The zero-order valence-corrected chi connectivity index (χ0v) is 11.5. The molecule has 0 saturated heterocycles. The fourth-order valence-corrected chi connectivity index (χ4v) is 2.16. The maximum Gasteiger partial charge on any atom is 0.127 e. The average Bonchev–Trinajstić information content (AvgIpc) is 2.79. The van der Waals surface area contributed by atoms with Gasteiger partial charge < -0.3 is 15.2 Å². The summed E-state index contributed by atoms with van der Waals surface area (Å²) in [5.41, 5.74) is 9.59. The van der Waals surface area contributed by atoms with Crippen LogP contribution in [-0.4, -0.2) is 31.0 Å². The lowest BCUT2D eigenvalue weighted by molar-refractivity contribution is 0.404. The summed E-state index contributed by atoms with van der Waals surface area (Å²) in [5.74, 6) is 1.58. The lowest BCUT2D eigenvalue weighted by atomic mass is 10.0. The third-order valence-corrected chi connectivity index (χ3v) is 3.08. The summed E-state index contributed by atoms with van der Waals surface area (Å²) in [7, 11) is 3.30. The minimum atomic E-state index is 0.559. The highest BCUT2D eigenvalue weighted by molar-refractivity contribution is 5.75. The van der Waals surface area contributed by atoms with Crippen LogP contribution in [0.4, 0.5) is 0 Å². The van der Waals surface area contributed by atoms with Crippen LogP contribution in [-0.2, 0) is 6.42 Å². The maximum absolute atomic E-state index is 5.63. The fraction of sp³-hybridized carbons (Fsp3) is 0.357. The summed E-state index contributed by atoms with van der Waals surface area (Å²) < 4.78 is 10.7. The molecule has 0 fully saturated rings. The summed E-state index contributed by atoms with van der Waals surface area (Å²) in [6.45, 7) is 2.55. The number of H-pyrrole nitrogens is 1. The van der Waals surface area contributed by atoms with E-state index in [0.717, 1.165) is 40.4 Å². The van der Waals surface area contributed by atoms with E-state index in [9.17, 15) is 0 Å². The largest absolute Gasteiger partial charge is 0.497 e. The number of nitrogens with zero attached hydrogens (tertiary/aromatic N) is 1. The second kappa shape index (κ2) is 5.75. The molecule has 0 radical (unpaired) electrons. The minimum absolute atomic E-state index is 0.559. The first kappa shape index (κ1) is 13.4. The maximum atomic E-state index is 5.63. The van der Waals surface area contributed by atoms with E-state index in [1.807, 2.05) is 25.1 Å². The molecule has 0 saturated carbocycles. The molecule has 5 heteroatoms. The van der Waals surface area contributed by atoms with Crippen molar-refractivity contribution < 1.29 is 9.47 Å². The topological polar surface area (TPSA) is 73.2 Å². The summed E-state index contributed by atoms with van der Waals surface area (Å²) in [5, 5.41) is 7.32. The molecular formula is C14H19N3O2. The van der Waals surface area contributed by atoms with Crippen LogP contribution in [0, 0.1) is 6.92 Å². The van der Waals surface area contributed by atoms with Crippen molar-refractivity contribution in [1.82, 2.24) is 10.2 Å². The SMILES string of the molecule is COc1ccc(OC)c(-c2c(CCN)n[nH]c2C)c1. The molecule has 3 N–H and O–H groups in total. The van der Waals surface area contributed by atoms with Crippen molar-refractivity contribution in [2.45, 2.75) is 13.3 Å². The van der Waals surface area contributed by atoms with E-state index in [4.69, 9.17) is 15.2 Å². The third-order valence-electron chi connectivity index (χ3n) is 3.08. The van der Waals surface area contributed by atoms with Crippen LogP contribution in [0.15, 0.2) is 18.2 Å². The van der Waals surface area contributed by atoms with Crippen molar-refractivity contribution in [1.29, 1.82) is 0 Å². The molecule has 1 aromatic heterocycles. The molecule has 2 rings (SSSR count). The molecule has 0 aliphatic carbocycles. The molecule has 1 aromatic carbocycles. The van der Waals surface area contributed by atoms with Gasteiger partial charge in [-0.3, -0.25) is 5.10 Å². The van der Waals surface area contributed by atoms with Gasteiger partial charge in [0, 0.05) is 23.2 Å². The lowest BCUT2D eigenvalue weighted by Crippen LogP contribution is -2.04. The van der Waals surface area contributed by atoms with Gasteiger partial charge in [-0.2, -0.15) is 5.10 Å². The normalized spacial score (nSPS) is 10.5. The Hall–Kier alpha value is -2.01. The molecule has 0 aliphatic heterocycles. The van der Waals surface area contributed by atoms with Crippen LogP contribution in [0.1, 0.15) is 11.4 Å².